The largest absolute Gasteiger partial charge is 0.478 e. The maximum atomic E-state index is 10.7. The number of carbonyl (C=O) groups is 1. The second kappa shape index (κ2) is 6.30. The molecule has 0 saturated heterocycles. The molecule has 2 aromatic rings. The fourth-order valence-electron chi connectivity index (χ4n) is 2.10. The number of hydrogen-bond donors (Lipinski definition) is 2. The summed E-state index contributed by atoms with van der Waals surface area (Å²) in [5, 5.41) is 12.2. The lowest BCUT2D eigenvalue weighted by Crippen LogP contribution is -2.19. The number of carboxylic acid groups (broad SMARTS) is 1. The summed E-state index contributed by atoms with van der Waals surface area (Å²) in [7, 11) is 0. The highest BCUT2D eigenvalue weighted by molar-refractivity contribution is 5.87. The van der Waals surface area contributed by atoms with Crippen LogP contribution in [-0.2, 0) is 6.54 Å². The van der Waals surface area contributed by atoms with Crippen molar-refractivity contribution in [2.75, 3.05) is 0 Å². The molecule has 4 nitrogen and oxygen atoms in total. The van der Waals surface area contributed by atoms with E-state index in [2.05, 4.69) is 36.3 Å². The van der Waals surface area contributed by atoms with Crippen LogP contribution in [0, 0.1) is 6.92 Å². The molecule has 20 heavy (non-hydrogen) atoms. The molecule has 0 spiro atoms. The SMILES string of the molecule is Cc1ccccc1[C@@H](C)NCc1ccc(C(=O)O)cn1. The summed E-state index contributed by atoms with van der Waals surface area (Å²) in [5.41, 5.74) is 3.55. The molecule has 0 aliphatic rings. The van der Waals surface area contributed by atoms with Crippen molar-refractivity contribution in [2.24, 2.45) is 0 Å². The van der Waals surface area contributed by atoms with Gasteiger partial charge in [-0.05, 0) is 37.1 Å². The van der Waals surface area contributed by atoms with Crippen molar-refractivity contribution >= 4 is 5.97 Å². The smallest absolute Gasteiger partial charge is 0.337 e. The van der Waals surface area contributed by atoms with E-state index in [1.54, 1.807) is 12.1 Å². The van der Waals surface area contributed by atoms with Crippen LogP contribution in [0.4, 0.5) is 0 Å². The van der Waals surface area contributed by atoms with Crippen LogP contribution in [-0.4, -0.2) is 16.1 Å². The van der Waals surface area contributed by atoms with E-state index in [1.807, 2.05) is 12.1 Å². The zero-order valence-corrected chi connectivity index (χ0v) is 11.6. The topological polar surface area (TPSA) is 62.2 Å². The van der Waals surface area contributed by atoms with Gasteiger partial charge in [0.15, 0.2) is 0 Å². The second-order valence-electron chi connectivity index (χ2n) is 4.80. The molecule has 2 rings (SSSR count). The highest BCUT2D eigenvalue weighted by Crippen LogP contribution is 2.16. The lowest BCUT2D eigenvalue weighted by atomic mass is 10.0. The lowest BCUT2D eigenvalue weighted by Gasteiger charge is -2.16. The van der Waals surface area contributed by atoms with E-state index in [-0.39, 0.29) is 11.6 Å². The predicted molar refractivity (Wildman–Crippen MR) is 77.6 cm³/mol. The van der Waals surface area contributed by atoms with Crippen molar-refractivity contribution < 1.29 is 9.90 Å². The number of aryl methyl sites for hydroxylation is 1. The fourth-order valence-corrected chi connectivity index (χ4v) is 2.10. The van der Waals surface area contributed by atoms with Gasteiger partial charge in [0.1, 0.15) is 0 Å². The number of benzene rings is 1. The van der Waals surface area contributed by atoms with E-state index in [1.165, 1.54) is 17.3 Å². The first-order chi connectivity index (χ1) is 9.58. The Morgan fingerprint density at radius 2 is 2.05 bits per heavy atom. The van der Waals surface area contributed by atoms with Crippen LogP contribution < -0.4 is 5.32 Å². The minimum Gasteiger partial charge on any atom is -0.478 e. The van der Waals surface area contributed by atoms with Crippen molar-refractivity contribution in [1.82, 2.24) is 10.3 Å². The van der Waals surface area contributed by atoms with Gasteiger partial charge in [-0.1, -0.05) is 24.3 Å². The summed E-state index contributed by atoms with van der Waals surface area (Å²) >= 11 is 0. The monoisotopic (exact) mass is 270 g/mol. The van der Waals surface area contributed by atoms with Gasteiger partial charge in [0.25, 0.3) is 0 Å². The minimum atomic E-state index is -0.953. The van der Waals surface area contributed by atoms with Gasteiger partial charge >= 0.3 is 5.97 Å². The van der Waals surface area contributed by atoms with E-state index in [9.17, 15) is 4.79 Å². The van der Waals surface area contributed by atoms with Gasteiger partial charge in [0.2, 0.25) is 0 Å². The molecule has 4 heteroatoms. The van der Waals surface area contributed by atoms with Gasteiger partial charge in [-0.3, -0.25) is 4.98 Å². The molecule has 2 N–H and O–H groups in total. The zero-order valence-electron chi connectivity index (χ0n) is 11.6. The Labute approximate surface area is 118 Å². The van der Waals surface area contributed by atoms with Gasteiger partial charge in [-0.25, -0.2) is 4.79 Å². The quantitative estimate of drug-likeness (QED) is 0.877. The molecule has 1 aromatic heterocycles. The molecular formula is C16H18N2O2. The highest BCUT2D eigenvalue weighted by Gasteiger charge is 2.08. The molecule has 0 saturated carbocycles. The van der Waals surface area contributed by atoms with E-state index < -0.39 is 5.97 Å². The maximum Gasteiger partial charge on any atom is 0.337 e. The van der Waals surface area contributed by atoms with Gasteiger partial charge in [0, 0.05) is 18.8 Å². The Balaban J connectivity index is 1.98. The first-order valence-electron chi connectivity index (χ1n) is 6.55. The molecule has 0 unspecified atom stereocenters. The Bertz CT molecular complexity index is 594. The van der Waals surface area contributed by atoms with Crippen molar-refractivity contribution in [3.63, 3.8) is 0 Å². The Hall–Kier alpha value is -2.20. The van der Waals surface area contributed by atoms with Crippen LogP contribution >= 0.6 is 0 Å². The van der Waals surface area contributed by atoms with Crippen LogP contribution in [0.1, 0.15) is 40.1 Å². The third-order valence-corrected chi connectivity index (χ3v) is 3.32. The van der Waals surface area contributed by atoms with Gasteiger partial charge in [-0.2, -0.15) is 0 Å². The summed E-state index contributed by atoms with van der Waals surface area (Å²) in [6.45, 7) is 4.80. The molecule has 0 aliphatic heterocycles. The molecule has 0 aliphatic carbocycles. The number of nitrogens with one attached hydrogen (secondary N) is 1. The lowest BCUT2D eigenvalue weighted by molar-refractivity contribution is 0.0696. The number of hydrogen-bond acceptors (Lipinski definition) is 3. The number of pyridine rings is 1. The standard InChI is InChI=1S/C16H18N2O2/c1-11-5-3-4-6-15(11)12(2)17-10-14-8-7-13(9-18-14)16(19)20/h3-9,12,17H,10H2,1-2H3,(H,19,20)/t12-/m1/s1. The normalized spacial score (nSPS) is 12.1. The Kier molecular flexibility index (Phi) is 4.48. The maximum absolute atomic E-state index is 10.7. The molecule has 1 aromatic carbocycles. The molecule has 0 radical (unpaired) electrons. The molecule has 1 heterocycles. The molecule has 1 atom stereocenters. The average molecular weight is 270 g/mol. The summed E-state index contributed by atoms with van der Waals surface area (Å²) in [4.78, 5) is 14.9. The number of carboxylic acids is 1. The Morgan fingerprint density at radius 1 is 1.30 bits per heavy atom. The van der Waals surface area contributed by atoms with Gasteiger partial charge in [0.05, 0.1) is 11.3 Å². The minimum absolute atomic E-state index is 0.209. The zero-order chi connectivity index (χ0) is 14.5. The van der Waals surface area contributed by atoms with Gasteiger partial charge in [-0.15, -0.1) is 0 Å². The first kappa shape index (κ1) is 14.2. The van der Waals surface area contributed by atoms with Crippen LogP contribution in [0.3, 0.4) is 0 Å². The predicted octanol–water partition coefficient (Wildman–Crippen LogP) is 2.94. The van der Waals surface area contributed by atoms with Crippen molar-refractivity contribution in [2.45, 2.75) is 26.4 Å². The second-order valence-corrected chi connectivity index (χ2v) is 4.80. The van der Waals surface area contributed by atoms with E-state index >= 15 is 0 Å². The molecular weight excluding hydrogens is 252 g/mol. The van der Waals surface area contributed by atoms with E-state index in [0.717, 1.165) is 5.69 Å². The summed E-state index contributed by atoms with van der Waals surface area (Å²) < 4.78 is 0. The summed E-state index contributed by atoms with van der Waals surface area (Å²) in [6.07, 6.45) is 1.39. The third kappa shape index (κ3) is 3.42. The van der Waals surface area contributed by atoms with Crippen LogP contribution in [0.2, 0.25) is 0 Å². The fraction of sp³-hybridized carbons (Fsp3) is 0.250. The highest BCUT2D eigenvalue weighted by atomic mass is 16.4. The van der Waals surface area contributed by atoms with Crippen LogP contribution in [0.5, 0.6) is 0 Å². The number of rotatable bonds is 5. The number of nitrogens with zero attached hydrogens (tertiary/aromatic N) is 1. The molecule has 0 amide bonds. The third-order valence-electron chi connectivity index (χ3n) is 3.32. The van der Waals surface area contributed by atoms with Crippen molar-refractivity contribution in [1.29, 1.82) is 0 Å². The van der Waals surface area contributed by atoms with E-state index in [4.69, 9.17) is 5.11 Å². The average Bonchev–Trinajstić information content (AvgIpc) is 2.45. The summed E-state index contributed by atoms with van der Waals surface area (Å²) in [5.74, 6) is -0.953. The van der Waals surface area contributed by atoms with E-state index in [0.29, 0.717) is 6.54 Å². The first-order valence-corrected chi connectivity index (χ1v) is 6.55. The summed E-state index contributed by atoms with van der Waals surface area (Å²) in [6, 6.07) is 11.8. The van der Waals surface area contributed by atoms with Crippen LogP contribution in [0.15, 0.2) is 42.6 Å². The van der Waals surface area contributed by atoms with Crippen LogP contribution in [0.25, 0.3) is 0 Å². The van der Waals surface area contributed by atoms with Crippen molar-refractivity contribution in [3.05, 3.63) is 65.0 Å². The molecule has 104 valence electrons. The number of aromatic nitrogens is 1. The molecule has 0 fully saturated rings. The molecule has 0 bridgehead atoms. The number of aromatic carboxylic acids is 1. The Morgan fingerprint density at radius 3 is 2.65 bits per heavy atom. The van der Waals surface area contributed by atoms with Gasteiger partial charge < -0.3 is 10.4 Å². The van der Waals surface area contributed by atoms with Crippen molar-refractivity contribution in [3.8, 4) is 0 Å².